The van der Waals surface area contributed by atoms with Crippen molar-refractivity contribution in [3.05, 3.63) is 59.7 Å². The first-order chi connectivity index (χ1) is 9.72. The van der Waals surface area contributed by atoms with Crippen molar-refractivity contribution in [3.8, 4) is 11.5 Å². The van der Waals surface area contributed by atoms with Crippen LogP contribution in [0.15, 0.2) is 48.5 Å². The topological polar surface area (TPSA) is 40.5 Å². The van der Waals surface area contributed by atoms with Crippen LogP contribution in [0.3, 0.4) is 0 Å². The molecule has 2 aromatic rings. The summed E-state index contributed by atoms with van der Waals surface area (Å²) in [6.07, 6.45) is 4.53. The Morgan fingerprint density at radius 2 is 1.70 bits per heavy atom. The van der Waals surface area contributed by atoms with Gasteiger partial charge in [0.05, 0.1) is 0 Å². The molecule has 2 nitrogen and oxygen atoms in total. The molecule has 1 atom stereocenters. The van der Waals surface area contributed by atoms with Gasteiger partial charge in [-0.05, 0) is 18.1 Å². The maximum Gasteiger partial charge on any atom is 0.123 e. The Bertz CT molecular complexity index is 534. The van der Waals surface area contributed by atoms with Crippen LogP contribution in [0.2, 0.25) is 0 Å². The number of phenolic OH excluding ortho intramolecular Hbond substituents is 2. The van der Waals surface area contributed by atoms with Crippen LogP contribution in [0.1, 0.15) is 49.7 Å². The third-order valence-corrected chi connectivity index (χ3v) is 3.69. The van der Waals surface area contributed by atoms with Gasteiger partial charge in [0.1, 0.15) is 11.5 Å². The lowest BCUT2D eigenvalue weighted by Gasteiger charge is -2.19. The highest BCUT2D eigenvalue weighted by Gasteiger charge is 2.17. The van der Waals surface area contributed by atoms with Crippen LogP contribution in [0.4, 0.5) is 0 Å². The van der Waals surface area contributed by atoms with Crippen LogP contribution in [0, 0.1) is 0 Å². The van der Waals surface area contributed by atoms with Crippen LogP contribution in [0.25, 0.3) is 0 Å². The van der Waals surface area contributed by atoms with Gasteiger partial charge in [-0.3, -0.25) is 0 Å². The molecule has 2 heteroatoms. The maximum absolute atomic E-state index is 10.1. The van der Waals surface area contributed by atoms with Crippen LogP contribution >= 0.6 is 0 Å². The van der Waals surface area contributed by atoms with E-state index in [9.17, 15) is 10.2 Å². The van der Waals surface area contributed by atoms with Gasteiger partial charge in [-0.25, -0.2) is 0 Å². The number of aromatic hydroxyl groups is 2. The first-order valence-corrected chi connectivity index (χ1v) is 7.29. The summed E-state index contributed by atoms with van der Waals surface area (Å²) in [5.41, 5.74) is 2.11. The lowest BCUT2D eigenvalue weighted by Crippen LogP contribution is -2.01. The summed E-state index contributed by atoms with van der Waals surface area (Å²) in [7, 11) is 0. The summed E-state index contributed by atoms with van der Waals surface area (Å²) in [5.74, 6) is 0.463. The molecule has 20 heavy (non-hydrogen) atoms. The number of hydrogen-bond donors (Lipinski definition) is 2. The van der Waals surface area contributed by atoms with Gasteiger partial charge in [0, 0.05) is 17.5 Å². The molecule has 0 saturated heterocycles. The lowest BCUT2D eigenvalue weighted by atomic mass is 9.86. The van der Waals surface area contributed by atoms with Gasteiger partial charge in [0.15, 0.2) is 0 Å². The fourth-order valence-electron chi connectivity index (χ4n) is 2.61. The maximum atomic E-state index is 10.1. The van der Waals surface area contributed by atoms with Crippen molar-refractivity contribution in [3.63, 3.8) is 0 Å². The molecule has 0 spiro atoms. The molecule has 0 aliphatic carbocycles. The van der Waals surface area contributed by atoms with Crippen molar-refractivity contribution in [1.29, 1.82) is 0 Å². The second-order valence-electron chi connectivity index (χ2n) is 5.20. The molecule has 0 amide bonds. The standard InChI is InChI=1S/C18H22O2/c1-2-3-5-10-16(14-8-6-4-7-9-14)17-12-11-15(19)13-18(17)20/h4,6-9,11-13,16,19-20H,2-3,5,10H2,1H3. The average molecular weight is 270 g/mol. The van der Waals surface area contributed by atoms with E-state index in [1.807, 2.05) is 24.3 Å². The van der Waals surface area contributed by atoms with Gasteiger partial charge in [-0.2, -0.15) is 0 Å². The zero-order valence-corrected chi connectivity index (χ0v) is 11.9. The van der Waals surface area contributed by atoms with E-state index in [0.29, 0.717) is 0 Å². The van der Waals surface area contributed by atoms with Crippen molar-refractivity contribution in [2.45, 2.75) is 38.5 Å². The molecule has 2 rings (SSSR count). The third-order valence-electron chi connectivity index (χ3n) is 3.69. The Morgan fingerprint density at radius 1 is 0.950 bits per heavy atom. The average Bonchev–Trinajstić information content (AvgIpc) is 2.46. The van der Waals surface area contributed by atoms with Gasteiger partial charge in [-0.15, -0.1) is 0 Å². The number of hydrogen-bond acceptors (Lipinski definition) is 2. The molecule has 0 heterocycles. The molecule has 0 radical (unpaired) electrons. The van der Waals surface area contributed by atoms with Crippen molar-refractivity contribution >= 4 is 0 Å². The van der Waals surface area contributed by atoms with Crippen molar-refractivity contribution in [2.24, 2.45) is 0 Å². The predicted octanol–water partition coefficient (Wildman–Crippen LogP) is 4.81. The van der Waals surface area contributed by atoms with Crippen molar-refractivity contribution in [2.75, 3.05) is 0 Å². The third kappa shape index (κ3) is 3.53. The highest BCUT2D eigenvalue weighted by molar-refractivity contribution is 5.45. The lowest BCUT2D eigenvalue weighted by molar-refractivity contribution is 0.441. The van der Waals surface area contributed by atoms with Crippen LogP contribution in [-0.2, 0) is 0 Å². The molecular formula is C18H22O2. The Balaban J connectivity index is 2.30. The Morgan fingerprint density at radius 3 is 2.35 bits per heavy atom. The fourth-order valence-corrected chi connectivity index (χ4v) is 2.61. The number of phenols is 2. The molecule has 0 saturated carbocycles. The van der Waals surface area contributed by atoms with Crippen LogP contribution in [-0.4, -0.2) is 10.2 Å². The van der Waals surface area contributed by atoms with Gasteiger partial charge in [-0.1, -0.05) is 62.6 Å². The molecule has 106 valence electrons. The Kier molecular flexibility index (Phi) is 5.05. The zero-order chi connectivity index (χ0) is 14.4. The zero-order valence-electron chi connectivity index (χ0n) is 11.9. The normalized spacial score (nSPS) is 12.2. The van der Waals surface area contributed by atoms with E-state index in [0.717, 1.165) is 18.4 Å². The van der Waals surface area contributed by atoms with Gasteiger partial charge >= 0.3 is 0 Å². The highest BCUT2D eigenvalue weighted by Crippen LogP contribution is 2.36. The monoisotopic (exact) mass is 270 g/mol. The Labute approximate surface area is 120 Å². The minimum atomic E-state index is 0.103. The van der Waals surface area contributed by atoms with Gasteiger partial charge in [0.25, 0.3) is 0 Å². The van der Waals surface area contributed by atoms with E-state index in [4.69, 9.17) is 0 Å². The number of benzene rings is 2. The number of rotatable bonds is 6. The van der Waals surface area contributed by atoms with Gasteiger partial charge in [0.2, 0.25) is 0 Å². The van der Waals surface area contributed by atoms with Crippen LogP contribution in [0.5, 0.6) is 11.5 Å². The molecule has 0 bridgehead atoms. The summed E-state index contributed by atoms with van der Waals surface area (Å²) >= 11 is 0. The first kappa shape index (κ1) is 14.4. The summed E-state index contributed by atoms with van der Waals surface area (Å²) in [6, 6.07) is 15.2. The van der Waals surface area contributed by atoms with E-state index in [1.165, 1.54) is 24.5 Å². The predicted molar refractivity (Wildman–Crippen MR) is 82.2 cm³/mol. The van der Waals surface area contributed by atoms with E-state index in [-0.39, 0.29) is 17.4 Å². The highest BCUT2D eigenvalue weighted by atomic mass is 16.3. The SMILES string of the molecule is CCCCCC(c1ccccc1)c1ccc(O)cc1O. The molecule has 1 unspecified atom stereocenters. The summed E-state index contributed by atoms with van der Waals surface area (Å²) in [5, 5.41) is 19.6. The molecule has 0 aliphatic rings. The van der Waals surface area contributed by atoms with E-state index in [1.54, 1.807) is 6.07 Å². The Hall–Kier alpha value is -1.96. The summed E-state index contributed by atoms with van der Waals surface area (Å²) in [6.45, 7) is 2.19. The minimum Gasteiger partial charge on any atom is -0.508 e. The summed E-state index contributed by atoms with van der Waals surface area (Å²) in [4.78, 5) is 0. The molecule has 0 aliphatic heterocycles. The first-order valence-electron chi connectivity index (χ1n) is 7.29. The summed E-state index contributed by atoms with van der Waals surface area (Å²) < 4.78 is 0. The molecule has 2 N–H and O–H groups in total. The van der Waals surface area contributed by atoms with Gasteiger partial charge < -0.3 is 10.2 Å². The van der Waals surface area contributed by atoms with Crippen molar-refractivity contribution in [1.82, 2.24) is 0 Å². The largest absolute Gasteiger partial charge is 0.508 e. The molecule has 0 aromatic heterocycles. The van der Waals surface area contributed by atoms with E-state index >= 15 is 0 Å². The quantitative estimate of drug-likeness (QED) is 0.739. The van der Waals surface area contributed by atoms with Crippen LogP contribution < -0.4 is 0 Å². The molecular weight excluding hydrogens is 248 g/mol. The molecule has 2 aromatic carbocycles. The van der Waals surface area contributed by atoms with E-state index in [2.05, 4.69) is 19.1 Å². The minimum absolute atomic E-state index is 0.103. The fraction of sp³-hybridized carbons (Fsp3) is 0.333. The molecule has 0 fully saturated rings. The second-order valence-corrected chi connectivity index (χ2v) is 5.20. The number of unbranched alkanes of at least 4 members (excludes halogenated alkanes) is 2. The van der Waals surface area contributed by atoms with Crippen molar-refractivity contribution < 1.29 is 10.2 Å². The smallest absolute Gasteiger partial charge is 0.123 e. The second kappa shape index (κ2) is 6.99. The van der Waals surface area contributed by atoms with E-state index < -0.39 is 0 Å².